The maximum Gasteiger partial charge on any atom is 0.239 e. The monoisotopic (exact) mass is 398 g/mol. The molecule has 0 bridgehead atoms. The summed E-state index contributed by atoms with van der Waals surface area (Å²) < 4.78 is 10.5. The lowest BCUT2D eigenvalue weighted by Gasteiger charge is -2.25. The van der Waals surface area contributed by atoms with Crippen LogP contribution in [0.1, 0.15) is 44.7 Å². The molecule has 0 radical (unpaired) electrons. The number of ether oxygens (including phenoxy) is 2. The first-order valence-electron chi connectivity index (χ1n) is 9.56. The predicted octanol–water partition coefficient (Wildman–Crippen LogP) is 4.74. The molecule has 0 heterocycles. The normalized spacial score (nSPS) is 11.2. The summed E-state index contributed by atoms with van der Waals surface area (Å²) in [4.78, 5) is 26.0. The van der Waals surface area contributed by atoms with Crippen LogP contribution in [0.25, 0.3) is 0 Å². The highest BCUT2D eigenvalue weighted by Crippen LogP contribution is 2.32. The molecule has 0 aliphatic heterocycles. The van der Waals surface area contributed by atoms with Crippen molar-refractivity contribution < 1.29 is 19.1 Å². The van der Waals surface area contributed by atoms with Gasteiger partial charge in [0, 0.05) is 11.8 Å². The maximum absolute atomic E-state index is 13.0. The van der Waals surface area contributed by atoms with Gasteiger partial charge in [-0.15, -0.1) is 0 Å². The van der Waals surface area contributed by atoms with E-state index in [4.69, 9.17) is 9.47 Å². The van der Waals surface area contributed by atoms with Crippen LogP contribution in [-0.4, -0.2) is 26.0 Å². The van der Waals surface area contributed by atoms with E-state index in [9.17, 15) is 9.59 Å². The quantitative estimate of drug-likeness (QED) is 0.661. The van der Waals surface area contributed by atoms with Crippen molar-refractivity contribution in [2.75, 3.05) is 24.9 Å². The van der Waals surface area contributed by atoms with Gasteiger partial charge in [-0.2, -0.15) is 0 Å². The number of rotatable bonds is 7. The second-order valence-electron chi connectivity index (χ2n) is 7.79. The second kappa shape index (κ2) is 8.99. The topological polar surface area (TPSA) is 76.7 Å². The van der Waals surface area contributed by atoms with Crippen LogP contribution >= 0.6 is 0 Å². The summed E-state index contributed by atoms with van der Waals surface area (Å²) >= 11 is 0. The van der Waals surface area contributed by atoms with Crippen LogP contribution in [0.2, 0.25) is 0 Å². The Morgan fingerprint density at radius 2 is 1.62 bits per heavy atom. The van der Waals surface area contributed by atoms with Crippen molar-refractivity contribution in [1.82, 2.24) is 0 Å². The Kier molecular flexibility index (Phi) is 6.90. The fourth-order valence-corrected chi connectivity index (χ4v) is 2.91. The van der Waals surface area contributed by atoms with E-state index in [-0.39, 0.29) is 11.8 Å². The minimum absolute atomic E-state index is 0.239. The zero-order valence-electron chi connectivity index (χ0n) is 18.2. The molecule has 0 spiro atoms. The lowest BCUT2D eigenvalue weighted by molar-refractivity contribution is -0.135. The molecule has 2 N–H and O–H groups in total. The molecule has 156 valence electrons. The van der Waals surface area contributed by atoms with Crippen molar-refractivity contribution in [2.45, 2.75) is 40.5 Å². The minimum atomic E-state index is -1.31. The van der Waals surface area contributed by atoms with Gasteiger partial charge in [-0.25, -0.2) is 0 Å². The Morgan fingerprint density at radius 3 is 2.21 bits per heavy atom. The summed E-state index contributed by atoms with van der Waals surface area (Å²) in [5.41, 5.74) is 1.87. The largest absolute Gasteiger partial charge is 0.497 e. The molecule has 0 saturated heterocycles. The molecule has 0 fully saturated rings. The molecule has 2 aromatic rings. The van der Waals surface area contributed by atoms with Gasteiger partial charge in [-0.1, -0.05) is 32.0 Å². The number of benzene rings is 2. The van der Waals surface area contributed by atoms with Gasteiger partial charge in [-0.3, -0.25) is 9.59 Å². The molecule has 29 heavy (non-hydrogen) atoms. The van der Waals surface area contributed by atoms with E-state index >= 15 is 0 Å². The Bertz CT molecular complexity index is 904. The molecule has 6 nitrogen and oxygen atoms in total. The third kappa shape index (κ3) is 4.88. The molecule has 6 heteroatoms. The third-order valence-electron chi connectivity index (χ3n) is 4.96. The smallest absolute Gasteiger partial charge is 0.239 e. The van der Waals surface area contributed by atoms with Crippen molar-refractivity contribution >= 4 is 23.2 Å². The van der Waals surface area contributed by atoms with Crippen LogP contribution in [0, 0.1) is 12.3 Å². The van der Waals surface area contributed by atoms with Crippen LogP contribution in [0.5, 0.6) is 11.5 Å². The highest BCUT2D eigenvalue weighted by Gasteiger charge is 2.37. The highest BCUT2D eigenvalue weighted by molar-refractivity contribution is 6.14. The molecule has 0 unspecified atom stereocenters. The van der Waals surface area contributed by atoms with Crippen molar-refractivity contribution in [2.24, 2.45) is 5.41 Å². The number of nitrogens with one attached hydrogen (secondary N) is 2. The van der Waals surface area contributed by atoms with E-state index in [1.165, 1.54) is 7.11 Å². The van der Waals surface area contributed by atoms with Gasteiger partial charge >= 0.3 is 0 Å². The van der Waals surface area contributed by atoms with Crippen LogP contribution in [0.3, 0.4) is 0 Å². The van der Waals surface area contributed by atoms with Gasteiger partial charge in [0.15, 0.2) is 0 Å². The number of amides is 2. The van der Waals surface area contributed by atoms with Crippen LogP contribution in [0.15, 0.2) is 36.4 Å². The molecule has 0 aliphatic rings. The molecule has 2 aromatic carbocycles. The molecule has 0 aliphatic carbocycles. The van der Waals surface area contributed by atoms with Crippen molar-refractivity contribution in [3.05, 3.63) is 47.5 Å². The number of carbonyl (C=O) groups excluding carboxylic acids is 2. The molecule has 0 aromatic heterocycles. The summed E-state index contributed by atoms with van der Waals surface area (Å²) in [6.07, 6.45) is 0. The van der Waals surface area contributed by atoms with E-state index in [2.05, 4.69) is 24.5 Å². The first kappa shape index (κ1) is 22.3. The Hall–Kier alpha value is -3.02. The SMILES string of the molecule is COc1ccc(OC)c(NC(=O)C(C)(C)C(=O)Nc2c(C)cccc2C(C)C)c1. The van der Waals surface area contributed by atoms with E-state index in [0.717, 1.165) is 16.8 Å². The first-order chi connectivity index (χ1) is 13.6. The first-order valence-corrected chi connectivity index (χ1v) is 9.56. The number of hydrogen-bond donors (Lipinski definition) is 2. The summed E-state index contributed by atoms with van der Waals surface area (Å²) in [5.74, 6) is 0.471. The second-order valence-corrected chi connectivity index (χ2v) is 7.79. The Labute approximate surface area is 172 Å². The van der Waals surface area contributed by atoms with Gasteiger partial charge in [0.05, 0.1) is 19.9 Å². The molecule has 0 atom stereocenters. The molecular formula is C23H30N2O4. The third-order valence-corrected chi connectivity index (χ3v) is 4.96. The number of hydrogen-bond acceptors (Lipinski definition) is 4. The average molecular weight is 399 g/mol. The summed E-state index contributed by atoms with van der Waals surface area (Å²) in [7, 11) is 3.06. The van der Waals surface area contributed by atoms with Crippen molar-refractivity contribution in [1.29, 1.82) is 0 Å². The number of para-hydroxylation sites is 1. The van der Waals surface area contributed by atoms with E-state index in [1.807, 2.05) is 25.1 Å². The Balaban J connectivity index is 2.27. The van der Waals surface area contributed by atoms with Gasteiger partial charge in [-0.05, 0) is 49.9 Å². The van der Waals surface area contributed by atoms with Gasteiger partial charge in [0.25, 0.3) is 0 Å². The zero-order chi connectivity index (χ0) is 21.8. The minimum Gasteiger partial charge on any atom is -0.497 e. The summed E-state index contributed by atoms with van der Waals surface area (Å²) in [5, 5.41) is 5.75. The maximum atomic E-state index is 13.0. The van der Waals surface area contributed by atoms with Crippen LogP contribution in [0.4, 0.5) is 11.4 Å². The molecule has 2 rings (SSSR count). The van der Waals surface area contributed by atoms with E-state index in [1.54, 1.807) is 39.2 Å². The van der Waals surface area contributed by atoms with E-state index < -0.39 is 11.3 Å². The number of anilines is 2. The highest BCUT2D eigenvalue weighted by atomic mass is 16.5. The fraction of sp³-hybridized carbons (Fsp3) is 0.391. The van der Waals surface area contributed by atoms with Gasteiger partial charge in [0.1, 0.15) is 16.9 Å². The summed E-state index contributed by atoms with van der Waals surface area (Å²) in [6, 6.07) is 11.0. The molecule has 2 amide bonds. The number of aryl methyl sites for hydroxylation is 1. The van der Waals surface area contributed by atoms with Crippen LogP contribution in [-0.2, 0) is 9.59 Å². The van der Waals surface area contributed by atoms with Crippen molar-refractivity contribution in [3.8, 4) is 11.5 Å². The van der Waals surface area contributed by atoms with Gasteiger partial charge in [0.2, 0.25) is 11.8 Å². The molecule has 0 saturated carbocycles. The lowest BCUT2D eigenvalue weighted by atomic mass is 9.89. The van der Waals surface area contributed by atoms with Gasteiger partial charge < -0.3 is 20.1 Å². The van der Waals surface area contributed by atoms with E-state index in [0.29, 0.717) is 17.2 Å². The fourth-order valence-electron chi connectivity index (χ4n) is 2.91. The lowest BCUT2D eigenvalue weighted by Crippen LogP contribution is -2.42. The summed E-state index contributed by atoms with van der Waals surface area (Å²) in [6.45, 7) is 9.26. The van der Waals surface area contributed by atoms with Crippen LogP contribution < -0.4 is 20.1 Å². The average Bonchev–Trinajstić information content (AvgIpc) is 2.68. The Morgan fingerprint density at radius 1 is 0.966 bits per heavy atom. The predicted molar refractivity (Wildman–Crippen MR) is 116 cm³/mol. The number of carbonyl (C=O) groups is 2. The zero-order valence-corrected chi connectivity index (χ0v) is 18.2. The standard InChI is InChI=1S/C23H30N2O4/c1-14(2)17-10-8-9-15(3)20(17)25-22(27)23(4,5)21(26)24-18-13-16(28-6)11-12-19(18)29-7/h8-14H,1-7H3,(H,24,26)(H,25,27). The molecular weight excluding hydrogens is 368 g/mol. The number of methoxy groups -OCH3 is 2. The van der Waals surface area contributed by atoms with Crippen molar-refractivity contribution in [3.63, 3.8) is 0 Å².